The van der Waals surface area contributed by atoms with Gasteiger partial charge in [-0.1, -0.05) is 13.8 Å². The molecule has 1 aromatic heterocycles. The molecule has 122 valence electrons. The second-order valence-electron chi connectivity index (χ2n) is 6.33. The SMILES string of the molecule is Cc1nn(C)c(C)c1CNCC(O)COC(C)CC(C)C. The number of hydrogen-bond donors (Lipinski definition) is 2. The lowest BCUT2D eigenvalue weighted by atomic mass is 10.1. The molecule has 0 saturated carbocycles. The molecule has 0 aromatic carbocycles. The molecular formula is C16H31N3O2. The van der Waals surface area contributed by atoms with Crippen LogP contribution in [0.3, 0.4) is 0 Å². The molecule has 0 saturated heterocycles. The first-order valence-corrected chi connectivity index (χ1v) is 7.80. The van der Waals surface area contributed by atoms with E-state index in [0.717, 1.165) is 24.4 Å². The van der Waals surface area contributed by atoms with Gasteiger partial charge in [0, 0.05) is 31.4 Å². The third-order valence-corrected chi connectivity index (χ3v) is 3.72. The van der Waals surface area contributed by atoms with Crippen molar-refractivity contribution < 1.29 is 9.84 Å². The predicted molar refractivity (Wildman–Crippen MR) is 85.3 cm³/mol. The maximum atomic E-state index is 9.95. The van der Waals surface area contributed by atoms with Gasteiger partial charge < -0.3 is 15.2 Å². The highest BCUT2D eigenvalue weighted by Crippen LogP contribution is 2.11. The van der Waals surface area contributed by atoms with Gasteiger partial charge in [0.2, 0.25) is 0 Å². The van der Waals surface area contributed by atoms with Crippen molar-refractivity contribution in [3.05, 3.63) is 17.0 Å². The summed E-state index contributed by atoms with van der Waals surface area (Å²) >= 11 is 0. The number of aliphatic hydroxyl groups is 1. The fourth-order valence-electron chi connectivity index (χ4n) is 2.50. The number of aromatic nitrogens is 2. The molecule has 5 nitrogen and oxygen atoms in total. The summed E-state index contributed by atoms with van der Waals surface area (Å²) in [6, 6.07) is 0. The van der Waals surface area contributed by atoms with Crippen LogP contribution in [0.4, 0.5) is 0 Å². The summed E-state index contributed by atoms with van der Waals surface area (Å²) in [5.74, 6) is 0.617. The summed E-state index contributed by atoms with van der Waals surface area (Å²) in [5, 5.41) is 17.6. The smallest absolute Gasteiger partial charge is 0.0897 e. The second-order valence-corrected chi connectivity index (χ2v) is 6.33. The van der Waals surface area contributed by atoms with Crippen LogP contribution in [0, 0.1) is 19.8 Å². The lowest BCUT2D eigenvalue weighted by Crippen LogP contribution is -2.31. The van der Waals surface area contributed by atoms with Gasteiger partial charge in [0.25, 0.3) is 0 Å². The molecule has 2 unspecified atom stereocenters. The Morgan fingerprint density at radius 1 is 1.29 bits per heavy atom. The maximum Gasteiger partial charge on any atom is 0.0897 e. The van der Waals surface area contributed by atoms with Crippen LogP contribution in [0.5, 0.6) is 0 Å². The van der Waals surface area contributed by atoms with Gasteiger partial charge in [-0.05, 0) is 33.1 Å². The highest BCUT2D eigenvalue weighted by Gasteiger charge is 2.12. The van der Waals surface area contributed by atoms with Gasteiger partial charge in [-0.25, -0.2) is 0 Å². The summed E-state index contributed by atoms with van der Waals surface area (Å²) in [4.78, 5) is 0. The standard InChI is InChI=1S/C16H31N3O2/c1-11(2)7-12(3)21-10-15(20)8-17-9-16-13(4)18-19(6)14(16)5/h11-12,15,17,20H,7-10H2,1-6H3. The van der Waals surface area contributed by atoms with E-state index in [4.69, 9.17) is 4.74 Å². The first kappa shape index (κ1) is 18.1. The first-order chi connectivity index (χ1) is 9.81. The van der Waals surface area contributed by atoms with E-state index in [1.165, 1.54) is 5.56 Å². The lowest BCUT2D eigenvalue weighted by molar-refractivity contribution is -0.00857. The van der Waals surface area contributed by atoms with Gasteiger partial charge in [-0.15, -0.1) is 0 Å². The van der Waals surface area contributed by atoms with Gasteiger partial charge in [-0.2, -0.15) is 5.10 Å². The minimum Gasteiger partial charge on any atom is -0.389 e. The number of hydrogen-bond acceptors (Lipinski definition) is 4. The molecule has 0 radical (unpaired) electrons. The van der Waals surface area contributed by atoms with Gasteiger partial charge in [0.15, 0.2) is 0 Å². The molecule has 0 spiro atoms. The highest BCUT2D eigenvalue weighted by molar-refractivity contribution is 5.23. The zero-order chi connectivity index (χ0) is 16.0. The predicted octanol–water partition coefficient (Wildman–Crippen LogP) is 1.94. The molecule has 5 heteroatoms. The summed E-state index contributed by atoms with van der Waals surface area (Å²) in [6.45, 7) is 12.1. The molecule has 0 aliphatic heterocycles. The molecule has 1 aromatic rings. The molecule has 21 heavy (non-hydrogen) atoms. The van der Waals surface area contributed by atoms with Crippen molar-refractivity contribution in [2.75, 3.05) is 13.2 Å². The quantitative estimate of drug-likeness (QED) is 0.731. The first-order valence-electron chi connectivity index (χ1n) is 7.80. The van der Waals surface area contributed by atoms with E-state index in [-0.39, 0.29) is 6.10 Å². The molecule has 0 bridgehead atoms. The van der Waals surface area contributed by atoms with E-state index >= 15 is 0 Å². The van der Waals surface area contributed by atoms with E-state index in [2.05, 4.69) is 38.1 Å². The van der Waals surface area contributed by atoms with Crippen LogP contribution in [-0.2, 0) is 18.3 Å². The Morgan fingerprint density at radius 3 is 2.48 bits per heavy atom. The molecule has 1 rings (SSSR count). The van der Waals surface area contributed by atoms with Crippen molar-refractivity contribution >= 4 is 0 Å². The minimum atomic E-state index is -0.475. The van der Waals surface area contributed by atoms with Crippen molar-refractivity contribution in [1.82, 2.24) is 15.1 Å². The average Bonchev–Trinajstić information content (AvgIpc) is 2.62. The van der Waals surface area contributed by atoms with E-state index in [0.29, 0.717) is 19.1 Å². The van der Waals surface area contributed by atoms with Crippen molar-refractivity contribution in [1.29, 1.82) is 0 Å². The molecule has 0 amide bonds. The molecule has 0 fully saturated rings. The number of aliphatic hydroxyl groups excluding tert-OH is 1. The van der Waals surface area contributed by atoms with Crippen molar-refractivity contribution in [3.8, 4) is 0 Å². The number of nitrogens with zero attached hydrogens (tertiary/aromatic N) is 2. The Morgan fingerprint density at radius 2 is 1.95 bits per heavy atom. The third-order valence-electron chi connectivity index (χ3n) is 3.72. The van der Waals surface area contributed by atoms with Crippen LogP contribution in [0.25, 0.3) is 0 Å². The van der Waals surface area contributed by atoms with Gasteiger partial charge in [0.05, 0.1) is 24.5 Å². The van der Waals surface area contributed by atoms with E-state index in [9.17, 15) is 5.11 Å². The Hall–Kier alpha value is -0.910. The van der Waals surface area contributed by atoms with Crippen molar-refractivity contribution in [2.24, 2.45) is 13.0 Å². The number of rotatable bonds is 9. The monoisotopic (exact) mass is 297 g/mol. The Labute approximate surface area is 128 Å². The van der Waals surface area contributed by atoms with Crippen molar-refractivity contribution in [3.63, 3.8) is 0 Å². The summed E-state index contributed by atoms with van der Waals surface area (Å²) < 4.78 is 7.55. The van der Waals surface area contributed by atoms with Crippen LogP contribution < -0.4 is 5.32 Å². The van der Waals surface area contributed by atoms with Crippen LogP contribution in [0.1, 0.15) is 44.1 Å². The fourth-order valence-corrected chi connectivity index (χ4v) is 2.50. The van der Waals surface area contributed by atoms with E-state index in [1.54, 1.807) is 0 Å². The number of ether oxygens (including phenoxy) is 1. The van der Waals surface area contributed by atoms with Crippen LogP contribution in [0.15, 0.2) is 0 Å². The highest BCUT2D eigenvalue weighted by atomic mass is 16.5. The zero-order valence-electron chi connectivity index (χ0n) is 14.3. The van der Waals surface area contributed by atoms with Gasteiger partial charge in [-0.3, -0.25) is 4.68 Å². The normalized spacial score (nSPS) is 14.7. The molecular weight excluding hydrogens is 266 g/mol. The number of nitrogens with one attached hydrogen (secondary N) is 1. The molecule has 0 aliphatic carbocycles. The molecule has 2 atom stereocenters. The number of aryl methyl sites for hydroxylation is 2. The van der Waals surface area contributed by atoms with Crippen LogP contribution >= 0.6 is 0 Å². The topological polar surface area (TPSA) is 59.3 Å². The fraction of sp³-hybridized carbons (Fsp3) is 0.812. The third kappa shape index (κ3) is 6.16. The van der Waals surface area contributed by atoms with Crippen molar-refractivity contribution in [2.45, 2.75) is 59.8 Å². The van der Waals surface area contributed by atoms with Crippen LogP contribution in [-0.4, -0.2) is 40.2 Å². The largest absolute Gasteiger partial charge is 0.389 e. The summed E-state index contributed by atoms with van der Waals surface area (Å²) in [7, 11) is 1.95. The molecule has 1 heterocycles. The summed E-state index contributed by atoms with van der Waals surface area (Å²) in [6.07, 6.45) is 0.744. The lowest BCUT2D eigenvalue weighted by Gasteiger charge is -2.18. The Balaban J connectivity index is 2.26. The average molecular weight is 297 g/mol. The summed E-state index contributed by atoms with van der Waals surface area (Å²) in [5.41, 5.74) is 3.41. The van der Waals surface area contributed by atoms with Gasteiger partial charge in [0.1, 0.15) is 0 Å². The zero-order valence-corrected chi connectivity index (χ0v) is 14.3. The molecule has 2 N–H and O–H groups in total. The maximum absolute atomic E-state index is 9.95. The van der Waals surface area contributed by atoms with E-state index in [1.807, 2.05) is 18.7 Å². The second kappa shape index (κ2) is 8.51. The molecule has 0 aliphatic rings. The van der Waals surface area contributed by atoms with Crippen LogP contribution in [0.2, 0.25) is 0 Å². The Bertz CT molecular complexity index is 429. The van der Waals surface area contributed by atoms with E-state index < -0.39 is 6.10 Å². The minimum absolute atomic E-state index is 0.197. The Kier molecular flexibility index (Phi) is 7.35. The van der Waals surface area contributed by atoms with Gasteiger partial charge >= 0.3 is 0 Å².